The maximum Gasteiger partial charge on any atom is 0.193 e. The van der Waals surface area contributed by atoms with Gasteiger partial charge in [-0.3, -0.25) is 4.40 Å². The lowest BCUT2D eigenvalue weighted by atomic mass is 10.1. The van der Waals surface area contributed by atoms with Gasteiger partial charge in [0.05, 0.1) is 11.8 Å². The van der Waals surface area contributed by atoms with E-state index < -0.39 is 0 Å². The number of aliphatic hydroxyl groups is 1. The molecule has 3 nitrogen and oxygen atoms in total. The second-order valence-electron chi connectivity index (χ2n) is 4.51. The summed E-state index contributed by atoms with van der Waals surface area (Å²) in [6.45, 7) is 2.22. The Morgan fingerprint density at radius 3 is 3.11 bits per heavy atom. The van der Waals surface area contributed by atoms with E-state index in [1.165, 1.54) is 5.75 Å². The van der Waals surface area contributed by atoms with Crippen LogP contribution in [0.4, 0.5) is 0 Å². The maximum atomic E-state index is 10.4. The zero-order valence-electron chi connectivity index (χ0n) is 10.2. The first kappa shape index (κ1) is 12.8. The summed E-state index contributed by atoms with van der Waals surface area (Å²) in [5.74, 6) is 2.35. The third-order valence-electron chi connectivity index (χ3n) is 3.18. The number of hydrogen-bond acceptors (Lipinski definition) is 5. The maximum absolute atomic E-state index is 10.4. The van der Waals surface area contributed by atoms with Gasteiger partial charge in [-0.2, -0.15) is 23.5 Å². The molecule has 0 amide bonds. The smallest absolute Gasteiger partial charge is 0.193 e. The monoisotopic (exact) mass is 300 g/mol. The molecule has 0 aliphatic carbocycles. The number of hydrogen-bond donors (Lipinski definition) is 1. The molecule has 1 N–H and O–H groups in total. The second kappa shape index (κ2) is 5.45. The van der Waals surface area contributed by atoms with Crippen molar-refractivity contribution >= 4 is 39.8 Å². The van der Waals surface area contributed by atoms with Crippen molar-refractivity contribution in [2.45, 2.75) is 29.9 Å². The van der Waals surface area contributed by atoms with Crippen LogP contribution < -0.4 is 0 Å². The van der Waals surface area contributed by atoms with Gasteiger partial charge in [-0.15, -0.1) is 11.3 Å². The fraction of sp³-hybridized carbons (Fsp3) is 0.583. The summed E-state index contributed by atoms with van der Waals surface area (Å²) in [5, 5.41) is 13.3. The molecule has 2 aromatic heterocycles. The summed E-state index contributed by atoms with van der Waals surface area (Å²) in [6, 6.07) is 0. The average Bonchev–Trinajstić information content (AvgIpc) is 2.90. The SMILES string of the molecule is CC1SCCSC1C(O)Cc1cn2ccsc2n1. The van der Waals surface area contributed by atoms with Crippen LogP contribution >= 0.6 is 34.9 Å². The van der Waals surface area contributed by atoms with Gasteiger partial charge in [0.2, 0.25) is 0 Å². The summed E-state index contributed by atoms with van der Waals surface area (Å²) < 4.78 is 2.03. The van der Waals surface area contributed by atoms with Gasteiger partial charge in [-0.25, -0.2) is 4.98 Å². The van der Waals surface area contributed by atoms with E-state index in [4.69, 9.17) is 0 Å². The molecule has 1 aliphatic heterocycles. The molecule has 0 bridgehead atoms. The Morgan fingerprint density at radius 1 is 1.50 bits per heavy atom. The predicted octanol–water partition coefficient (Wildman–Crippen LogP) is 2.54. The van der Waals surface area contributed by atoms with Crippen LogP contribution in [0, 0.1) is 0 Å². The fourth-order valence-corrected chi connectivity index (χ4v) is 5.84. The molecular weight excluding hydrogens is 284 g/mol. The molecule has 98 valence electrons. The molecule has 0 spiro atoms. The van der Waals surface area contributed by atoms with Crippen LogP contribution in [0.15, 0.2) is 17.8 Å². The average molecular weight is 300 g/mol. The van der Waals surface area contributed by atoms with Crippen molar-refractivity contribution in [3.05, 3.63) is 23.5 Å². The lowest BCUT2D eigenvalue weighted by molar-refractivity contribution is 0.170. The molecule has 2 aromatic rings. The summed E-state index contributed by atoms with van der Waals surface area (Å²) in [5.41, 5.74) is 0.998. The van der Waals surface area contributed by atoms with Crippen molar-refractivity contribution < 1.29 is 5.11 Å². The number of imidazole rings is 1. The van der Waals surface area contributed by atoms with Gasteiger partial charge < -0.3 is 5.11 Å². The number of rotatable bonds is 3. The fourth-order valence-electron chi connectivity index (χ4n) is 2.28. The highest BCUT2D eigenvalue weighted by Gasteiger charge is 2.29. The van der Waals surface area contributed by atoms with E-state index in [2.05, 4.69) is 11.9 Å². The van der Waals surface area contributed by atoms with Gasteiger partial charge >= 0.3 is 0 Å². The number of thiazole rings is 1. The minimum absolute atomic E-state index is 0.289. The summed E-state index contributed by atoms with van der Waals surface area (Å²) >= 11 is 5.50. The van der Waals surface area contributed by atoms with E-state index in [0.29, 0.717) is 16.9 Å². The normalized spacial score (nSPS) is 26.6. The van der Waals surface area contributed by atoms with Crippen LogP contribution in [-0.2, 0) is 6.42 Å². The number of aromatic nitrogens is 2. The quantitative estimate of drug-likeness (QED) is 0.945. The summed E-state index contributed by atoms with van der Waals surface area (Å²) in [6.07, 6.45) is 4.41. The van der Waals surface area contributed by atoms with Gasteiger partial charge in [-0.05, 0) is 0 Å². The molecule has 3 heterocycles. The zero-order valence-corrected chi connectivity index (χ0v) is 12.6. The Kier molecular flexibility index (Phi) is 3.89. The molecule has 3 rings (SSSR count). The molecule has 1 saturated heterocycles. The highest BCUT2D eigenvalue weighted by molar-refractivity contribution is 8.07. The van der Waals surface area contributed by atoms with Crippen molar-refractivity contribution in [1.82, 2.24) is 9.38 Å². The first-order chi connectivity index (χ1) is 8.74. The van der Waals surface area contributed by atoms with Crippen molar-refractivity contribution in [1.29, 1.82) is 0 Å². The Balaban J connectivity index is 1.69. The van der Waals surface area contributed by atoms with Crippen LogP contribution in [0.1, 0.15) is 12.6 Å². The third kappa shape index (κ3) is 2.57. The lowest BCUT2D eigenvalue weighted by Crippen LogP contribution is -2.36. The lowest BCUT2D eigenvalue weighted by Gasteiger charge is -2.31. The Hall–Kier alpha value is -0.170. The molecule has 0 radical (unpaired) electrons. The van der Waals surface area contributed by atoms with Crippen LogP contribution in [0.5, 0.6) is 0 Å². The molecule has 0 aromatic carbocycles. The van der Waals surface area contributed by atoms with E-state index >= 15 is 0 Å². The molecule has 18 heavy (non-hydrogen) atoms. The van der Waals surface area contributed by atoms with Crippen LogP contribution in [0.2, 0.25) is 0 Å². The predicted molar refractivity (Wildman–Crippen MR) is 80.9 cm³/mol. The van der Waals surface area contributed by atoms with Crippen molar-refractivity contribution in [3.8, 4) is 0 Å². The van der Waals surface area contributed by atoms with Gasteiger partial charge in [-0.1, -0.05) is 6.92 Å². The molecule has 0 saturated carbocycles. The number of aliphatic hydroxyl groups excluding tert-OH is 1. The van der Waals surface area contributed by atoms with Crippen molar-refractivity contribution in [2.75, 3.05) is 11.5 Å². The van der Waals surface area contributed by atoms with Gasteiger partial charge in [0.15, 0.2) is 4.96 Å². The van der Waals surface area contributed by atoms with Crippen LogP contribution in [0.25, 0.3) is 4.96 Å². The molecule has 6 heteroatoms. The van der Waals surface area contributed by atoms with Crippen molar-refractivity contribution in [3.63, 3.8) is 0 Å². The van der Waals surface area contributed by atoms with E-state index in [0.717, 1.165) is 16.4 Å². The largest absolute Gasteiger partial charge is 0.392 e. The third-order valence-corrected chi connectivity index (χ3v) is 7.19. The van der Waals surface area contributed by atoms with Gasteiger partial charge in [0.1, 0.15) is 0 Å². The minimum Gasteiger partial charge on any atom is -0.392 e. The molecule has 1 fully saturated rings. The topological polar surface area (TPSA) is 37.5 Å². The summed E-state index contributed by atoms with van der Waals surface area (Å²) in [4.78, 5) is 5.55. The Bertz CT molecular complexity index is 496. The molecule has 1 aliphatic rings. The Labute approximate surface area is 119 Å². The zero-order chi connectivity index (χ0) is 12.5. The van der Waals surface area contributed by atoms with E-state index in [1.54, 1.807) is 11.3 Å². The van der Waals surface area contributed by atoms with Crippen LogP contribution in [-0.4, -0.2) is 42.6 Å². The highest BCUT2D eigenvalue weighted by atomic mass is 32.2. The van der Waals surface area contributed by atoms with E-state index in [9.17, 15) is 5.11 Å². The molecule has 3 unspecified atom stereocenters. The Morgan fingerprint density at radius 2 is 2.33 bits per heavy atom. The highest BCUT2D eigenvalue weighted by Crippen LogP contribution is 2.33. The molecular formula is C12H16N2OS3. The first-order valence-electron chi connectivity index (χ1n) is 6.06. The number of fused-ring (bicyclic) bond motifs is 1. The second-order valence-corrected chi connectivity index (χ2v) is 8.15. The van der Waals surface area contributed by atoms with E-state index in [-0.39, 0.29) is 6.10 Å². The van der Waals surface area contributed by atoms with Gasteiger partial charge in [0, 0.05) is 46.2 Å². The molecule has 3 atom stereocenters. The van der Waals surface area contributed by atoms with Crippen molar-refractivity contribution in [2.24, 2.45) is 0 Å². The van der Waals surface area contributed by atoms with Gasteiger partial charge in [0.25, 0.3) is 0 Å². The number of nitrogens with zero attached hydrogens (tertiary/aromatic N) is 2. The standard InChI is InChI=1S/C12H16N2OS3/c1-8-11(17-5-4-16-8)10(15)6-9-7-14-2-3-18-12(14)13-9/h2-3,7-8,10-11,15H,4-6H2,1H3. The minimum atomic E-state index is -0.289. The van der Waals surface area contributed by atoms with E-state index in [1.807, 2.05) is 45.7 Å². The summed E-state index contributed by atoms with van der Waals surface area (Å²) in [7, 11) is 0. The van der Waals surface area contributed by atoms with Crippen LogP contribution in [0.3, 0.4) is 0 Å². The number of thioether (sulfide) groups is 2. The first-order valence-corrected chi connectivity index (χ1v) is 9.04.